The van der Waals surface area contributed by atoms with Gasteiger partial charge >= 0.3 is 11.9 Å². The van der Waals surface area contributed by atoms with Crippen molar-refractivity contribution in [2.24, 2.45) is 29.6 Å². The number of nitrogens with one attached hydrogen (secondary N) is 9. The van der Waals surface area contributed by atoms with E-state index in [0.29, 0.717) is 12.8 Å². The third-order valence-electron chi connectivity index (χ3n) is 14.4. The minimum Gasteiger partial charge on any atom is -0.481 e. The van der Waals surface area contributed by atoms with Gasteiger partial charge in [0.25, 0.3) is 0 Å². The molecule has 0 aromatic carbocycles. The molecule has 25 heteroatoms. The van der Waals surface area contributed by atoms with Crippen LogP contribution in [0.25, 0.3) is 0 Å². The predicted octanol–water partition coefficient (Wildman–Crippen LogP) is 1.27. The van der Waals surface area contributed by atoms with Crippen molar-refractivity contribution >= 4 is 65.1 Å². The van der Waals surface area contributed by atoms with Crippen LogP contribution in [0.1, 0.15) is 186 Å². The maximum absolute atomic E-state index is 14.8. The molecule has 13 atom stereocenters. The Morgan fingerprint density at radius 2 is 1.01 bits per heavy atom. The normalized spacial score (nSPS) is 23.9. The Bertz CT molecular complexity index is 2080. The van der Waals surface area contributed by atoms with E-state index in [1.807, 2.05) is 0 Å². The van der Waals surface area contributed by atoms with Gasteiger partial charge in [0.2, 0.25) is 53.2 Å². The molecule has 1 aliphatic heterocycles. The van der Waals surface area contributed by atoms with Crippen LogP contribution in [-0.4, -0.2) is 165 Å². The Morgan fingerprint density at radius 1 is 0.549 bits per heavy atom. The zero-order valence-corrected chi connectivity index (χ0v) is 50.7. The summed E-state index contributed by atoms with van der Waals surface area (Å²) in [6.45, 7) is 18.5. The molecular weight excluding hydrogens is 1070 g/mol. The number of rotatable bonds is 30. The summed E-state index contributed by atoms with van der Waals surface area (Å²) in [5.41, 5.74) is 0. The lowest BCUT2D eigenvalue weighted by Gasteiger charge is -2.32. The van der Waals surface area contributed by atoms with Crippen molar-refractivity contribution in [1.82, 2.24) is 47.9 Å². The maximum Gasteiger partial charge on any atom is 0.329 e. The number of esters is 1. The Morgan fingerprint density at radius 3 is 1.50 bits per heavy atom. The molecule has 0 aliphatic carbocycles. The summed E-state index contributed by atoms with van der Waals surface area (Å²) < 4.78 is 5.85. The second-order valence-corrected chi connectivity index (χ2v) is 23.3. The summed E-state index contributed by atoms with van der Waals surface area (Å²) in [7, 11) is 0. The third kappa shape index (κ3) is 27.4. The monoisotopic (exact) mass is 1170 g/mol. The second kappa shape index (κ2) is 38.8. The number of aliphatic hydroxyl groups is 3. The lowest BCUT2D eigenvalue weighted by molar-refractivity contribution is -0.158. The van der Waals surface area contributed by atoms with E-state index in [1.54, 1.807) is 69.2 Å². The number of carbonyl (C=O) groups is 11. The average molecular weight is 1170 g/mol. The van der Waals surface area contributed by atoms with Gasteiger partial charge in [-0.1, -0.05) is 134 Å². The molecule has 0 bridgehead atoms. The number of aliphatic hydroxyl groups excluding tert-OH is 3. The highest BCUT2D eigenvalue weighted by molar-refractivity contribution is 5.99. The number of carbonyl (C=O) groups excluding carboxylic acids is 10. The molecule has 82 heavy (non-hydrogen) atoms. The second-order valence-electron chi connectivity index (χ2n) is 23.3. The molecule has 1 heterocycles. The molecule has 1 saturated heterocycles. The topological polar surface area (TPSA) is 386 Å². The first-order valence-corrected chi connectivity index (χ1v) is 29.6. The van der Waals surface area contributed by atoms with Crippen LogP contribution in [0, 0.1) is 29.6 Å². The minimum absolute atomic E-state index is 0.00953. The number of carboxylic acids is 1. The zero-order chi connectivity index (χ0) is 62.4. The van der Waals surface area contributed by atoms with Gasteiger partial charge in [-0.25, -0.2) is 4.79 Å². The van der Waals surface area contributed by atoms with Gasteiger partial charge in [0.15, 0.2) is 0 Å². The van der Waals surface area contributed by atoms with Crippen LogP contribution in [0.4, 0.5) is 0 Å². The van der Waals surface area contributed by atoms with Crippen molar-refractivity contribution in [3.63, 3.8) is 0 Å². The average Bonchev–Trinajstić information content (AvgIpc) is 3.58. The first-order chi connectivity index (χ1) is 38.5. The fourth-order valence-electron chi connectivity index (χ4n) is 9.13. The van der Waals surface area contributed by atoms with Gasteiger partial charge in [0.05, 0.1) is 25.7 Å². The number of carboxylic acid groups (broad SMARTS) is 1. The van der Waals surface area contributed by atoms with E-state index in [1.165, 1.54) is 6.92 Å². The zero-order valence-electron chi connectivity index (χ0n) is 50.7. The Labute approximate surface area is 484 Å². The SMILES string of the molecule is CCCCCCCCC[C@H](O)CC(=O)N[C@@H](CC(C)C)C(=O)N[C@H](CCC(=O)O)C(=O)N[C@H]1C(=O)N[C@H](C(C)CC)C(=O)N[C@@H](CC(C)C)C(=O)N[C@H](CO)C(=O)N[C@@H](CC(C)C)C(=O)N[C@H](CO)C(=O)N[C@@H](C(C)CC)C(=O)OC1C. The van der Waals surface area contributed by atoms with E-state index in [-0.39, 0.29) is 56.3 Å². The molecule has 3 unspecified atom stereocenters. The third-order valence-corrected chi connectivity index (χ3v) is 14.4. The summed E-state index contributed by atoms with van der Waals surface area (Å²) in [5.74, 6) is -13.3. The summed E-state index contributed by atoms with van der Waals surface area (Å²) in [5, 5.41) is 63.9. The van der Waals surface area contributed by atoms with Gasteiger partial charge in [-0.2, -0.15) is 0 Å². The van der Waals surface area contributed by atoms with Crippen LogP contribution in [0.15, 0.2) is 0 Å². The van der Waals surface area contributed by atoms with Gasteiger partial charge < -0.3 is 73.0 Å². The first-order valence-electron chi connectivity index (χ1n) is 29.6. The van der Waals surface area contributed by atoms with Gasteiger partial charge in [0, 0.05) is 6.42 Å². The molecule has 1 fully saturated rings. The van der Waals surface area contributed by atoms with E-state index >= 15 is 0 Å². The van der Waals surface area contributed by atoms with Crippen LogP contribution >= 0.6 is 0 Å². The molecule has 0 saturated carbocycles. The van der Waals surface area contributed by atoms with Crippen molar-refractivity contribution in [1.29, 1.82) is 0 Å². The molecule has 1 aliphatic rings. The summed E-state index contributed by atoms with van der Waals surface area (Å²) in [4.78, 5) is 153. The Balaban J connectivity index is 3.98. The molecule has 25 nitrogen and oxygen atoms in total. The van der Waals surface area contributed by atoms with Crippen LogP contribution in [0.5, 0.6) is 0 Å². The van der Waals surface area contributed by atoms with Crippen molar-refractivity contribution in [2.75, 3.05) is 13.2 Å². The highest BCUT2D eigenvalue weighted by Crippen LogP contribution is 2.18. The maximum atomic E-state index is 14.8. The Hall–Kier alpha value is -5.95. The number of hydrogen-bond acceptors (Lipinski definition) is 15. The quantitative estimate of drug-likeness (QED) is 0.0356. The molecule has 0 aromatic heterocycles. The van der Waals surface area contributed by atoms with E-state index in [0.717, 1.165) is 38.5 Å². The number of cyclic esters (lactones) is 1. The number of ether oxygens (including phenoxy) is 1. The highest BCUT2D eigenvalue weighted by Gasteiger charge is 2.41. The molecule has 13 N–H and O–H groups in total. The molecule has 9 amide bonds. The summed E-state index contributed by atoms with van der Waals surface area (Å²) in [6.07, 6.45) is 3.74. The van der Waals surface area contributed by atoms with E-state index in [9.17, 15) is 73.2 Å². The smallest absolute Gasteiger partial charge is 0.329 e. The van der Waals surface area contributed by atoms with Crippen LogP contribution in [-0.2, 0) is 57.5 Å². The number of aliphatic carboxylic acids is 1. The molecule has 0 spiro atoms. The number of amides is 9. The molecule has 1 rings (SSSR count). The van der Waals surface area contributed by atoms with E-state index < -0.39 is 170 Å². The molecule has 470 valence electrons. The van der Waals surface area contributed by atoms with Gasteiger partial charge in [-0.05, 0) is 68.6 Å². The van der Waals surface area contributed by atoms with Crippen molar-refractivity contribution < 1.29 is 77.9 Å². The molecular formula is C57H101N9O16. The lowest BCUT2D eigenvalue weighted by atomic mass is 9.96. The van der Waals surface area contributed by atoms with Crippen LogP contribution < -0.4 is 47.9 Å². The van der Waals surface area contributed by atoms with Crippen molar-refractivity contribution in [2.45, 2.75) is 252 Å². The van der Waals surface area contributed by atoms with Crippen molar-refractivity contribution in [3.8, 4) is 0 Å². The highest BCUT2D eigenvalue weighted by atomic mass is 16.5. The Kier molecular flexibility index (Phi) is 35.0. The first kappa shape index (κ1) is 74.1. The summed E-state index contributed by atoms with van der Waals surface area (Å²) >= 11 is 0. The minimum atomic E-state index is -1.95. The van der Waals surface area contributed by atoms with Gasteiger partial charge in [-0.15, -0.1) is 0 Å². The summed E-state index contributed by atoms with van der Waals surface area (Å²) in [6, 6.07) is -14.1. The van der Waals surface area contributed by atoms with E-state index in [4.69, 9.17) is 4.74 Å². The van der Waals surface area contributed by atoms with Crippen LogP contribution in [0.2, 0.25) is 0 Å². The standard InChI is InChI=1S/C57H101N9O16/c1-13-16-17-18-19-20-21-22-37(69)28-44(70)58-39(25-31(4)5)50(74)59-38(23-24-45(71)72)49(73)66-48-36(12)82-57(81)47(35(11)15-3)65-54(78)43(30-68)63-51(75)40(26-32(6)7)60-53(77)42(29-67)62-52(76)41(27-33(8)9)61-55(79)46(34(10)14-2)64-56(48)80/h31-43,46-48,67-69H,13-30H2,1-12H3,(H,58,70)(H,59,74)(H,60,77)(H,61,79)(H,62,76)(H,63,75)(H,64,80)(H,65,78)(H,66,73)(H,71,72)/t34?,35?,36?,37-,38+,39-,40-,41-,42+,43+,46+,47-,48+/m0/s1. The number of hydrogen-bond donors (Lipinski definition) is 13. The van der Waals surface area contributed by atoms with Crippen LogP contribution in [0.3, 0.4) is 0 Å². The van der Waals surface area contributed by atoms with E-state index in [2.05, 4.69) is 54.8 Å². The fourth-order valence-corrected chi connectivity index (χ4v) is 9.13. The molecule has 0 aromatic rings. The molecule has 0 radical (unpaired) electrons. The predicted molar refractivity (Wildman–Crippen MR) is 304 cm³/mol. The largest absolute Gasteiger partial charge is 0.481 e. The fraction of sp³-hybridized carbons (Fsp3) is 0.807. The lowest BCUT2D eigenvalue weighted by Crippen LogP contribution is -2.64. The van der Waals surface area contributed by atoms with Gasteiger partial charge in [0.1, 0.15) is 60.5 Å². The van der Waals surface area contributed by atoms with Gasteiger partial charge in [-0.3, -0.25) is 47.9 Å². The van der Waals surface area contributed by atoms with Crippen molar-refractivity contribution in [3.05, 3.63) is 0 Å². The number of unbranched alkanes of at least 4 members (excludes halogenated alkanes) is 6.